The molecule has 172 valence electrons. The van der Waals surface area contributed by atoms with Gasteiger partial charge in [0.2, 0.25) is 5.91 Å². The zero-order valence-corrected chi connectivity index (χ0v) is 20.0. The van der Waals surface area contributed by atoms with Crippen LogP contribution in [0.4, 0.5) is 11.4 Å². The predicted octanol–water partition coefficient (Wildman–Crippen LogP) is 5.75. The molecule has 2 amide bonds. The lowest BCUT2D eigenvalue weighted by Crippen LogP contribution is -2.40. The van der Waals surface area contributed by atoms with Crippen molar-refractivity contribution in [1.29, 1.82) is 0 Å². The van der Waals surface area contributed by atoms with Crippen LogP contribution in [0.15, 0.2) is 42.5 Å². The van der Waals surface area contributed by atoms with Crippen molar-refractivity contribution in [3.63, 3.8) is 0 Å². The van der Waals surface area contributed by atoms with E-state index in [0.717, 1.165) is 24.3 Å². The number of thioether (sulfide) groups is 1. The van der Waals surface area contributed by atoms with Crippen LogP contribution >= 0.6 is 11.8 Å². The summed E-state index contributed by atoms with van der Waals surface area (Å²) < 4.78 is 0. The van der Waals surface area contributed by atoms with E-state index < -0.39 is 0 Å². The van der Waals surface area contributed by atoms with Crippen LogP contribution in [0.5, 0.6) is 0 Å². The fraction of sp³-hybridized carbons (Fsp3) is 0.462. The molecule has 1 atom stereocenters. The van der Waals surface area contributed by atoms with Gasteiger partial charge in [-0.2, -0.15) is 11.8 Å². The molecule has 6 heteroatoms. The van der Waals surface area contributed by atoms with Gasteiger partial charge in [0.05, 0.1) is 11.4 Å². The molecule has 0 radical (unpaired) electrons. The van der Waals surface area contributed by atoms with E-state index in [1.807, 2.05) is 12.1 Å². The van der Waals surface area contributed by atoms with Crippen LogP contribution in [-0.2, 0) is 10.5 Å². The van der Waals surface area contributed by atoms with E-state index in [2.05, 4.69) is 54.1 Å². The Morgan fingerprint density at radius 3 is 2.53 bits per heavy atom. The second kappa shape index (κ2) is 12.5. The number of rotatable bonds is 12. The number of amides is 2. The van der Waals surface area contributed by atoms with Crippen molar-refractivity contribution in [1.82, 2.24) is 5.32 Å². The van der Waals surface area contributed by atoms with Crippen LogP contribution in [0.25, 0.3) is 0 Å². The smallest absolute Gasteiger partial charge is 0.251 e. The van der Waals surface area contributed by atoms with Gasteiger partial charge >= 0.3 is 0 Å². The van der Waals surface area contributed by atoms with Crippen molar-refractivity contribution in [2.75, 3.05) is 22.9 Å². The monoisotopic (exact) mass is 453 g/mol. The molecule has 0 aliphatic carbocycles. The number of anilines is 2. The van der Waals surface area contributed by atoms with Crippen molar-refractivity contribution in [2.45, 2.75) is 64.2 Å². The molecule has 0 saturated heterocycles. The lowest BCUT2D eigenvalue weighted by atomic mass is 10.1. The molecule has 32 heavy (non-hydrogen) atoms. The first-order chi connectivity index (χ1) is 15.6. The summed E-state index contributed by atoms with van der Waals surface area (Å²) in [4.78, 5) is 25.0. The lowest BCUT2D eigenvalue weighted by Gasteiger charge is -2.27. The highest BCUT2D eigenvalue weighted by Crippen LogP contribution is 2.29. The third kappa shape index (κ3) is 7.30. The van der Waals surface area contributed by atoms with E-state index in [1.165, 1.54) is 36.8 Å². The van der Waals surface area contributed by atoms with Gasteiger partial charge in [0.15, 0.2) is 0 Å². The minimum absolute atomic E-state index is 0.0569. The summed E-state index contributed by atoms with van der Waals surface area (Å²) in [6.07, 6.45) is 7.17. The molecule has 0 aromatic heterocycles. The number of fused-ring (bicyclic) bond motifs is 1. The number of unbranched alkanes of at least 4 members (excludes halogenated alkanes) is 5. The van der Waals surface area contributed by atoms with Gasteiger partial charge in [0.25, 0.3) is 5.91 Å². The summed E-state index contributed by atoms with van der Waals surface area (Å²) in [7, 11) is 0. The van der Waals surface area contributed by atoms with E-state index in [0.29, 0.717) is 23.5 Å². The molecule has 5 nitrogen and oxygen atoms in total. The van der Waals surface area contributed by atoms with Gasteiger partial charge in [-0.1, -0.05) is 68.9 Å². The molecular formula is C26H35N3O2S. The van der Waals surface area contributed by atoms with E-state index in [4.69, 9.17) is 0 Å². The number of carbonyl (C=O) groups excluding carboxylic acids is 2. The van der Waals surface area contributed by atoms with Crippen LogP contribution in [0.1, 0.15) is 66.9 Å². The maximum absolute atomic E-state index is 12.6. The van der Waals surface area contributed by atoms with Crippen molar-refractivity contribution in [3.05, 3.63) is 59.2 Å². The van der Waals surface area contributed by atoms with Gasteiger partial charge < -0.3 is 16.0 Å². The van der Waals surface area contributed by atoms with Crippen LogP contribution in [0.3, 0.4) is 0 Å². The Kier molecular flexibility index (Phi) is 9.47. The normalized spacial score (nSPS) is 14.9. The van der Waals surface area contributed by atoms with E-state index in [-0.39, 0.29) is 17.9 Å². The summed E-state index contributed by atoms with van der Waals surface area (Å²) >= 11 is 1.73. The van der Waals surface area contributed by atoms with Crippen molar-refractivity contribution >= 4 is 35.0 Å². The number of benzene rings is 2. The molecule has 0 spiro atoms. The van der Waals surface area contributed by atoms with E-state index in [9.17, 15) is 9.59 Å². The first-order valence-corrected chi connectivity index (χ1v) is 12.8. The van der Waals surface area contributed by atoms with Gasteiger partial charge in [-0.3, -0.25) is 9.59 Å². The minimum atomic E-state index is -0.287. The predicted molar refractivity (Wildman–Crippen MR) is 136 cm³/mol. The van der Waals surface area contributed by atoms with Gasteiger partial charge in [0, 0.05) is 23.6 Å². The molecule has 2 aromatic carbocycles. The van der Waals surface area contributed by atoms with Gasteiger partial charge in [0.1, 0.15) is 6.04 Å². The summed E-state index contributed by atoms with van der Waals surface area (Å²) in [6.45, 7) is 4.98. The average Bonchev–Trinajstić information content (AvgIpc) is 2.79. The summed E-state index contributed by atoms with van der Waals surface area (Å²) in [5.41, 5.74) is 4.61. The van der Waals surface area contributed by atoms with Crippen LogP contribution in [-0.4, -0.2) is 30.2 Å². The molecular weight excluding hydrogens is 418 g/mol. The number of nitrogens with one attached hydrogen (secondary N) is 3. The number of hydrogen-bond donors (Lipinski definition) is 3. The zero-order chi connectivity index (χ0) is 22.8. The second-order valence-electron chi connectivity index (χ2n) is 8.47. The van der Waals surface area contributed by atoms with Crippen LogP contribution in [0.2, 0.25) is 0 Å². The molecule has 1 heterocycles. The third-order valence-electron chi connectivity index (χ3n) is 5.68. The molecule has 2 aromatic rings. The van der Waals surface area contributed by atoms with E-state index >= 15 is 0 Å². The van der Waals surface area contributed by atoms with Gasteiger partial charge in [-0.15, -0.1) is 0 Å². The Labute approximate surface area is 196 Å². The van der Waals surface area contributed by atoms with Crippen molar-refractivity contribution < 1.29 is 9.59 Å². The van der Waals surface area contributed by atoms with Gasteiger partial charge in [-0.05, 0) is 37.1 Å². The molecule has 0 bridgehead atoms. The second-order valence-corrected chi connectivity index (χ2v) is 9.50. The lowest BCUT2D eigenvalue weighted by molar-refractivity contribution is -0.116. The Bertz CT molecular complexity index is 898. The molecule has 0 saturated carbocycles. The molecule has 3 N–H and O–H groups in total. The highest BCUT2D eigenvalue weighted by atomic mass is 32.2. The highest BCUT2D eigenvalue weighted by molar-refractivity contribution is 7.98. The fourth-order valence-corrected chi connectivity index (χ4v) is 4.71. The number of aryl methyl sites for hydroxylation is 1. The summed E-state index contributed by atoms with van der Waals surface area (Å²) in [5.74, 6) is 1.40. The van der Waals surface area contributed by atoms with E-state index in [1.54, 1.807) is 17.8 Å². The van der Waals surface area contributed by atoms with Crippen LogP contribution < -0.4 is 16.0 Å². The molecule has 1 aliphatic rings. The highest BCUT2D eigenvalue weighted by Gasteiger charge is 2.26. The molecule has 0 fully saturated rings. The number of hydrogen-bond acceptors (Lipinski definition) is 4. The van der Waals surface area contributed by atoms with Crippen molar-refractivity contribution in [3.8, 4) is 0 Å². The SMILES string of the molecule is CCCCCCCCNC(=O)c1ccc2c(c1)NC(=O)[C@@H](CSCc1ccc(C)cc1)N2. The summed E-state index contributed by atoms with van der Waals surface area (Å²) in [5, 5.41) is 9.27. The van der Waals surface area contributed by atoms with Crippen LogP contribution in [0, 0.1) is 6.92 Å². The first kappa shape index (κ1) is 24.2. The molecule has 1 aliphatic heterocycles. The average molecular weight is 454 g/mol. The van der Waals surface area contributed by atoms with Gasteiger partial charge in [-0.25, -0.2) is 0 Å². The maximum Gasteiger partial charge on any atom is 0.251 e. The molecule has 3 rings (SSSR count). The fourth-order valence-electron chi connectivity index (χ4n) is 3.69. The Balaban J connectivity index is 1.45. The summed E-state index contributed by atoms with van der Waals surface area (Å²) in [6, 6.07) is 13.6. The topological polar surface area (TPSA) is 70.2 Å². The zero-order valence-electron chi connectivity index (χ0n) is 19.2. The quantitative estimate of drug-likeness (QED) is 0.358. The Morgan fingerprint density at radius 2 is 1.75 bits per heavy atom. The third-order valence-corrected chi connectivity index (χ3v) is 6.78. The molecule has 0 unspecified atom stereocenters. The Hall–Kier alpha value is -2.47. The first-order valence-electron chi connectivity index (χ1n) is 11.7. The van der Waals surface area contributed by atoms with Crippen molar-refractivity contribution in [2.24, 2.45) is 0 Å². The Morgan fingerprint density at radius 1 is 1.00 bits per heavy atom. The number of carbonyl (C=O) groups is 2. The largest absolute Gasteiger partial charge is 0.371 e. The standard InChI is InChI=1S/C26H35N3O2S/c1-3-4-5-6-7-8-15-27-25(30)21-13-14-22-23(16-21)29-26(31)24(28-22)18-32-17-20-11-9-19(2)10-12-20/h9-14,16,24,28H,3-8,15,17-18H2,1-2H3,(H,27,30)(H,29,31)/t24-/m1/s1. The maximum atomic E-state index is 12.6. The minimum Gasteiger partial charge on any atom is -0.371 e.